The molecule has 0 aromatic carbocycles. The fourth-order valence-corrected chi connectivity index (χ4v) is 3.15. The van der Waals surface area contributed by atoms with Crippen LogP contribution in [-0.2, 0) is 11.2 Å². The fourth-order valence-electron chi connectivity index (χ4n) is 3.15. The standard InChI is InChI=1S/C19H28N4O2/c1-5-6-15-7-8-16-17(13-20-23(16)14-15)21-9-11-22(12-10-21)18(24)25-19(2,3)4/h7-8,13-14H,5-6,9-12H2,1-4H3. The number of hydrogen-bond donors (Lipinski definition) is 0. The molecule has 25 heavy (non-hydrogen) atoms. The lowest BCUT2D eigenvalue weighted by atomic mass is 10.1. The molecule has 2 aromatic heterocycles. The van der Waals surface area contributed by atoms with Gasteiger partial charge in [0, 0.05) is 32.4 Å². The maximum absolute atomic E-state index is 12.2. The number of aryl methyl sites for hydroxylation is 1. The van der Waals surface area contributed by atoms with Crippen molar-refractivity contribution in [1.29, 1.82) is 0 Å². The number of carbonyl (C=O) groups excluding carboxylic acids is 1. The second-order valence-electron chi connectivity index (χ2n) is 7.60. The molecular weight excluding hydrogens is 316 g/mol. The van der Waals surface area contributed by atoms with Gasteiger partial charge in [0.05, 0.1) is 17.4 Å². The summed E-state index contributed by atoms with van der Waals surface area (Å²) in [5, 5.41) is 4.51. The Morgan fingerprint density at radius 2 is 1.92 bits per heavy atom. The first-order valence-electron chi connectivity index (χ1n) is 9.06. The molecule has 1 fully saturated rings. The molecule has 3 heterocycles. The van der Waals surface area contributed by atoms with Crippen LogP contribution < -0.4 is 4.90 Å². The molecule has 0 saturated carbocycles. The van der Waals surface area contributed by atoms with Crippen LogP contribution in [-0.4, -0.2) is 52.4 Å². The van der Waals surface area contributed by atoms with Gasteiger partial charge in [0.25, 0.3) is 0 Å². The predicted molar refractivity (Wildman–Crippen MR) is 99.2 cm³/mol. The SMILES string of the molecule is CCCc1ccc2c(N3CCN(C(=O)OC(C)(C)C)CC3)cnn2c1. The summed E-state index contributed by atoms with van der Waals surface area (Å²) >= 11 is 0. The molecule has 6 nitrogen and oxygen atoms in total. The van der Waals surface area contributed by atoms with E-state index in [1.807, 2.05) is 31.5 Å². The van der Waals surface area contributed by atoms with Gasteiger partial charge in [0.15, 0.2) is 0 Å². The maximum atomic E-state index is 12.2. The number of fused-ring (bicyclic) bond motifs is 1. The minimum atomic E-state index is -0.452. The molecule has 1 aliphatic heterocycles. The highest BCUT2D eigenvalue weighted by Crippen LogP contribution is 2.24. The lowest BCUT2D eigenvalue weighted by molar-refractivity contribution is 0.0241. The Hall–Kier alpha value is -2.24. The second-order valence-corrected chi connectivity index (χ2v) is 7.60. The third-order valence-electron chi connectivity index (χ3n) is 4.37. The van der Waals surface area contributed by atoms with E-state index in [1.54, 1.807) is 4.90 Å². The van der Waals surface area contributed by atoms with Gasteiger partial charge in [-0.25, -0.2) is 9.31 Å². The van der Waals surface area contributed by atoms with Gasteiger partial charge in [0.2, 0.25) is 0 Å². The van der Waals surface area contributed by atoms with Crippen LogP contribution in [0.2, 0.25) is 0 Å². The molecule has 0 spiro atoms. The number of hydrogen-bond acceptors (Lipinski definition) is 4. The summed E-state index contributed by atoms with van der Waals surface area (Å²) < 4.78 is 7.42. The average Bonchev–Trinajstić information content (AvgIpc) is 2.97. The van der Waals surface area contributed by atoms with Crippen LogP contribution >= 0.6 is 0 Å². The van der Waals surface area contributed by atoms with Crippen LogP contribution in [0.3, 0.4) is 0 Å². The lowest BCUT2D eigenvalue weighted by Gasteiger charge is -2.36. The third-order valence-corrected chi connectivity index (χ3v) is 4.37. The molecule has 6 heteroatoms. The van der Waals surface area contributed by atoms with Crippen LogP contribution in [0.1, 0.15) is 39.7 Å². The topological polar surface area (TPSA) is 50.1 Å². The minimum Gasteiger partial charge on any atom is -0.444 e. The molecule has 136 valence electrons. The van der Waals surface area contributed by atoms with Crippen molar-refractivity contribution in [2.75, 3.05) is 31.1 Å². The molecule has 1 saturated heterocycles. The largest absolute Gasteiger partial charge is 0.444 e. The zero-order valence-electron chi connectivity index (χ0n) is 15.7. The van der Waals surface area contributed by atoms with Gasteiger partial charge in [-0.15, -0.1) is 0 Å². The summed E-state index contributed by atoms with van der Waals surface area (Å²) in [5.41, 5.74) is 3.10. The van der Waals surface area contributed by atoms with E-state index < -0.39 is 5.60 Å². The van der Waals surface area contributed by atoms with E-state index in [0.29, 0.717) is 13.1 Å². The predicted octanol–water partition coefficient (Wildman–Crippen LogP) is 3.34. The first kappa shape index (κ1) is 17.6. The normalized spacial score (nSPS) is 15.7. The monoisotopic (exact) mass is 344 g/mol. The number of rotatable bonds is 3. The van der Waals surface area contributed by atoms with E-state index in [4.69, 9.17) is 4.74 Å². The molecule has 2 aromatic rings. The highest BCUT2D eigenvalue weighted by molar-refractivity contribution is 5.73. The van der Waals surface area contributed by atoms with E-state index in [1.165, 1.54) is 5.56 Å². The Morgan fingerprint density at radius 1 is 1.20 bits per heavy atom. The van der Waals surface area contributed by atoms with Crippen molar-refractivity contribution in [1.82, 2.24) is 14.5 Å². The van der Waals surface area contributed by atoms with Crippen LogP contribution in [0, 0.1) is 0 Å². The molecular formula is C19H28N4O2. The van der Waals surface area contributed by atoms with Crippen molar-refractivity contribution in [2.24, 2.45) is 0 Å². The molecule has 0 unspecified atom stereocenters. The van der Waals surface area contributed by atoms with Crippen LogP contribution in [0.25, 0.3) is 5.52 Å². The number of piperazine rings is 1. The van der Waals surface area contributed by atoms with Gasteiger partial charge in [-0.2, -0.15) is 5.10 Å². The summed E-state index contributed by atoms with van der Waals surface area (Å²) in [6, 6.07) is 4.33. The summed E-state index contributed by atoms with van der Waals surface area (Å²) in [6.07, 6.45) is 6.01. The number of carbonyl (C=O) groups is 1. The van der Waals surface area contributed by atoms with Gasteiger partial charge in [-0.1, -0.05) is 19.4 Å². The quantitative estimate of drug-likeness (QED) is 0.857. The first-order valence-corrected chi connectivity index (χ1v) is 9.06. The van der Waals surface area contributed by atoms with Crippen molar-refractivity contribution >= 4 is 17.3 Å². The zero-order valence-corrected chi connectivity index (χ0v) is 15.7. The highest BCUT2D eigenvalue weighted by Gasteiger charge is 2.26. The number of pyridine rings is 1. The van der Waals surface area contributed by atoms with Gasteiger partial charge < -0.3 is 14.5 Å². The minimum absolute atomic E-state index is 0.226. The van der Waals surface area contributed by atoms with Gasteiger partial charge in [0.1, 0.15) is 5.60 Å². The molecule has 0 aliphatic carbocycles. The first-order chi connectivity index (χ1) is 11.9. The smallest absolute Gasteiger partial charge is 0.410 e. The van der Waals surface area contributed by atoms with Crippen molar-refractivity contribution in [3.05, 3.63) is 30.1 Å². The Bertz CT molecular complexity index is 739. The molecule has 3 rings (SSSR count). The van der Waals surface area contributed by atoms with Gasteiger partial charge in [-0.3, -0.25) is 0 Å². The van der Waals surface area contributed by atoms with E-state index >= 15 is 0 Å². The highest BCUT2D eigenvalue weighted by atomic mass is 16.6. The van der Waals surface area contributed by atoms with Crippen LogP contribution in [0.5, 0.6) is 0 Å². The molecule has 0 radical (unpaired) electrons. The Balaban J connectivity index is 1.67. The number of ether oxygens (including phenoxy) is 1. The number of anilines is 1. The van der Waals surface area contributed by atoms with Crippen molar-refractivity contribution < 1.29 is 9.53 Å². The Kier molecular flexibility index (Phi) is 4.88. The molecule has 1 aliphatic rings. The summed E-state index contributed by atoms with van der Waals surface area (Å²) in [6.45, 7) is 10.8. The van der Waals surface area contributed by atoms with Crippen molar-refractivity contribution in [3.8, 4) is 0 Å². The van der Waals surface area contributed by atoms with Crippen LogP contribution in [0.4, 0.5) is 10.5 Å². The van der Waals surface area contributed by atoms with Crippen molar-refractivity contribution in [3.63, 3.8) is 0 Å². The zero-order chi connectivity index (χ0) is 18.0. The maximum Gasteiger partial charge on any atom is 0.410 e. The lowest BCUT2D eigenvalue weighted by Crippen LogP contribution is -2.50. The second kappa shape index (κ2) is 6.94. The Labute approximate surface area is 149 Å². The fraction of sp³-hybridized carbons (Fsp3) is 0.579. The number of nitrogens with zero attached hydrogens (tertiary/aromatic N) is 4. The van der Waals surface area contributed by atoms with E-state index in [9.17, 15) is 4.79 Å². The molecule has 1 amide bonds. The van der Waals surface area contributed by atoms with E-state index in [-0.39, 0.29) is 6.09 Å². The molecule has 0 bridgehead atoms. The average molecular weight is 344 g/mol. The number of amides is 1. The van der Waals surface area contributed by atoms with E-state index in [0.717, 1.165) is 37.1 Å². The van der Waals surface area contributed by atoms with Crippen molar-refractivity contribution in [2.45, 2.75) is 46.1 Å². The molecule has 0 N–H and O–H groups in total. The molecule has 0 atom stereocenters. The van der Waals surface area contributed by atoms with Gasteiger partial charge >= 0.3 is 6.09 Å². The summed E-state index contributed by atoms with van der Waals surface area (Å²) in [5.74, 6) is 0. The summed E-state index contributed by atoms with van der Waals surface area (Å²) in [7, 11) is 0. The number of aromatic nitrogens is 2. The van der Waals surface area contributed by atoms with Crippen LogP contribution in [0.15, 0.2) is 24.5 Å². The van der Waals surface area contributed by atoms with E-state index in [2.05, 4.69) is 35.3 Å². The summed E-state index contributed by atoms with van der Waals surface area (Å²) in [4.78, 5) is 16.3. The Morgan fingerprint density at radius 3 is 2.56 bits per heavy atom. The third kappa shape index (κ3) is 4.06. The van der Waals surface area contributed by atoms with Gasteiger partial charge in [-0.05, 0) is 38.8 Å².